The second-order valence-electron chi connectivity index (χ2n) is 5.68. The maximum Gasteiger partial charge on any atom is 0.272 e. The Morgan fingerprint density at radius 2 is 2.04 bits per heavy atom. The van der Waals surface area contributed by atoms with Gasteiger partial charge in [-0.2, -0.15) is 0 Å². The molecule has 0 bridgehead atoms. The molecular weight excluding hydrogens is 376 g/mol. The molecule has 25 heavy (non-hydrogen) atoms. The van der Waals surface area contributed by atoms with Gasteiger partial charge in [-0.1, -0.05) is 30.3 Å². The summed E-state index contributed by atoms with van der Waals surface area (Å²) >= 11 is 8.57. The van der Waals surface area contributed by atoms with E-state index in [9.17, 15) is 9.59 Å². The number of thiophene rings is 1. The minimum Gasteiger partial charge on any atom is -0.293 e. The zero-order valence-electron chi connectivity index (χ0n) is 13.9. The van der Waals surface area contributed by atoms with Crippen LogP contribution in [0, 0.1) is 0 Å². The minimum atomic E-state index is -0.0317. The summed E-state index contributed by atoms with van der Waals surface area (Å²) < 4.78 is 2.37. The number of hydrogen-bond donors (Lipinski definition) is 0. The molecule has 3 aromatic rings. The van der Waals surface area contributed by atoms with Crippen LogP contribution >= 0.6 is 34.7 Å². The Balaban J connectivity index is 1.91. The molecule has 130 valence electrons. The Morgan fingerprint density at radius 1 is 1.32 bits per heavy atom. The SMILES string of the molecule is CC[C@@H](C)n1c(SCC(=O)c2ccc(Cl)cc2)nc2ccsc2c1=O. The molecule has 1 aromatic carbocycles. The highest BCUT2D eigenvalue weighted by Crippen LogP contribution is 2.25. The summed E-state index contributed by atoms with van der Waals surface area (Å²) in [5, 5.41) is 3.06. The smallest absolute Gasteiger partial charge is 0.272 e. The van der Waals surface area contributed by atoms with E-state index < -0.39 is 0 Å². The third-order valence-electron chi connectivity index (χ3n) is 4.01. The highest BCUT2D eigenvalue weighted by Gasteiger charge is 2.17. The maximum atomic E-state index is 12.8. The van der Waals surface area contributed by atoms with Crippen molar-refractivity contribution in [3.05, 3.63) is 56.7 Å². The van der Waals surface area contributed by atoms with Gasteiger partial charge in [-0.15, -0.1) is 11.3 Å². The Bertz CT molecular complexity index is 963. The van der Waals surface area contributed by atoms with Gasteiger partial charge in [0.25, 0.3) is 5.56 Å². The average molecular weight is 393 g/mol. The largest absolute Gasteiger partial charge is 0.293 e. The van der Waals surface area contributed by atoms with Crippen molar-refractivity contribution in [3.8, 4) is 0 Å². The van der Waals surface area contributed by atoms with Crippen molar-refractivity contribution < 1.29 is 4.79 Å². The summed E-state index contributed by atoms with van der Waals surface area (Å²) in [6, 6.07) is 8.69. The van der Waals surface area contributed by atoms with Gasteiger partial charge in [0.1, 0.15) is 4.70 Å². The van der Waals surface area contributed by atoms with Gasteiger partial charge in [-0.05, 0) is 49.1 Å². The number of rotatable bonds is 6. The van der Waals surface area contributed by atoms with Crippen molar-refractivity contribution in [1.29, 1.82) is 0 Å². The Morgan fingerprint density at radius 3 is 2.72 bits per heavy atom. The summed E-state index contributed by atoms with van der Waals surface area (Å²) in [7, 11) is 0. The maximum absolute atomic E-state index is 12.8. The van der Waals surface area contributed by atoms with Crippen molar-refractivity contribution in [3.63, 3.8) is 0 Å². The number of benzene rings is 1. The van der Waals surface area contributed by atoms with Crippen molar-refractivity contribution in [2.75, 3.05) is 5.75 Å². The number of aromatic nitrogens is 2. The van der Waals surface area contributed by atoms with E-state index in [4.69, 9.17) is 11.6 Å². The monoisotopic (exact) mass is 392 g/mol. The van der Waals surface area contributed by atoms with Gasteiger partial charge in [0.05, 0.1) is 11.3 Å². The van der Waals surface area contributed by atoms with Crippen molar-refractivity contribution in [1.82, 2.24) is 9.55 Å². The summed E-state index contributed by atoms with van der Waals surface area (Å²) in [5.41, 5.74) is 1.26. The van der Waals surface area contributed by atoms with Crippen molar-refractivity contribution >= 4 is 50.7 Å². The third kappa shape index (κ3) is 3.81. The fourth-order valence-electron chi connectivity index (χ4n) is 2.43. The molecule has 0 aliphatic rings. The molecule has 0 saturated heterocycles. The van der Waals surface area contributed by atoms with Crippen LogP contribution in [0.1, 0.15) is 36.7 Å². The Kier molecular flexibility index (Phi) is 5.61. The standard InChI is InChI=1S/C18H17ClN2O2S2/c1-3-11(2)21-17(23)16-14(8-9-24-16)20-18(21)25-10-15(22)12-4-6-13(19)7-5-12/h4-9,11H,3,10H2,1-2H3/t11-/m1/s1. The van der Waals surface area contributed by atoms with Gasteiger partial charge in [0, 0.05) is 16.6 Å². The molecule has 0 amide bonds. The number of halogens is 1. The second-order valence-corrected chi connectivity index (χ2v) is 7.98. The zero-order chi connectivity index (χ0) is 18.0. The lowest BCUT2D eigenvalue weighted by Gasteiger charge is -2.17. The first kappa shape index (κ1) is 18.2. The van der Waals surface area contributed by atoms with Crippen molar-refractivity contribution in [2.24, 2.45) is 0 Å². The highest BCUT2D eigenvalue weighted by atomic mass is 35.5. The lowest BCUT2D eigenvalue weighted by atomic mass is 10.1. The fraction of sp³-hybridized carbons (Fsp3) is 0.278. The predicted octanol–water partition coefficient (Wildman–Crippen LogP) is 5.06. The molecule has 0 N–H and O–H groups in total. The quantitative estimate of drug-likeness (QED) is 0.334. The summed E-state index contributed by atoms with van der Waals surface area (Å²) in [6.07, 6.45) is 0.817. The first-order chi connectivity index (χ1) is 12.0. The molecule has 0 radical (unpaired) electrons. The van der Waals surface area contributed by atoms with Crippen LogP contribution < -0.4 is 5.56 Å². The third-order valence-corrected chi connectivity index (χ3v) is 6.11. The van der Waals surface area contributed by atoms with Crippen LogP contribution in [0.15, 0.2) is 45.7 Å². The van der Waals surface area contributed by atoms with Gasteiger partial charge in [0.15, 0.2) is 10.9 Å². The van der Waals surface area contributed by atoms with Crippen molar-refractivity contribution in [2.45, 2.75) is 31.5 Å². The highest BCUT2D eigenvalue weighted by molar-refractivity contribution is 7.99. The zero-order valence-corrected chi connectivity index (χ0v) is 16.2. The van der Waals surface area contributed by atoms with Crippen LogP contribution in [0.4, 0.5) is 0 Å². The van der Waals surface area contributed by atoms with Gasteiger partial charge < -0.3 is 0 Å². The molecular formula is C18H17ClN2O2S2. The lowest BCUT2D eigenvalue weighted by Crippen LogP contribution is -2.25. The van der Waals surface area contributed by atoms with E-state index in [1.807, 2.05) is 25.3 Å². The second kappa shape index (κ2) is 7.72. The molecule has 4 nitrogen and oxygen atoms in total. The number of carbonyl (C=O) groups excluding carboxylic acids is 1. The molecule has 2 aromatic heterocycles. The van der Waals surface area contributed by atoms with E-state index >= 15 is 0 Å². The van der Waals surface area contributed by atoms with E-state index in [0.717, 1.165) is 6.42 Å². The lowest BCUT2D eigenvalue weighted by molar-refractivity contribution is 0.102. The topological polar surface area (TPSA) is 52.0 Å². The van der Waals surface area contributed by atoms with Crippen LogP contribution in [0.3, 0.4) is 0 Å². The minimum absolute atomic E-state index is 0.0166. The van der Waals surface area contributed by atoms with E-state index in [1.54, 1.807) is 28.8 Å². The average Bonchev–Trinajstić information content (AvgIpc) is 3.08. The fourth-order valence-corrected chi connectivity index (χ4v) is 4.31. The number of nitrogens with zero attached hydrogens (tertiary/aromatic N) is 2. The van der Waals surface area contributed by atoms with Gasteiger partial charge in [-0.25, -0.2) is 4.98 Å². The molecule has 3 rings (SSSR count). The number of carbonyl (C=O) groups is 1. The summed E-state index contributed by atoms with van der Waals surface area (Å²) in [5.74, 6) is 0.206. The van der Waals surface area contributed by atoms with Gasteiger partial charge in [-0.3, -0.25) is 14.2 Å². The van der Waals surface area contributed by atoms with Crippen LogP contribution in [-0.2, 0) is 0 Å². The number of thioether (sulfide) groups is 1. The van der Waals surface area contributed by atoms with Crippen LogP contribution in [-0.4, -0.2) is 21.1 Å². The first-order valence-electron chi connectivity index (χ1n) is 7.92. The molecule has 1 atom stereocenters. The molecule has 2 heterocycles. The van der Waals surface area contributed by atoms with E-state index in [0.29, 0.717) is 26.0 Å². The first-order valence-corrected chi connectivity index (χ1v) is 10.2. The molecule has 0 unspecified atom stereocenters. The molecule has 0 spiro atoms. The molecule has 0 aliphatic carbocycles. The number of hydrogen-bond acceptors (Lipinski definition) is 5. The van der Waals surface area contributed by atoms with Gasteiger partial charge >= 0.3 is 0 Å². The van der Waals surface area contributed by atoms with Crippen LogP contribution in [0.2, 0.25) is 5.02 Å². The number of ketones is 1. The summed E-state index contributed by atoms with van der Waals surface area (Å²) in [6.45, 7) is 4.02. The molecule has 0 fully saturated rings. The number of fused-ring (bicyclic) bond motifs is 1. The van der Waals surface area contributed by atoms with E-state index in [2.05, 4.69) is 4.98 Å². The molecule has 0 saturated carbocycles. The normalized spacial score (nSPS) is 12.4. The van der Waals surface area contributed by atoms with Crippen LogP contribution in [0.25, 0.3) is 10.2 Å². The van der Waals surface area contributed by atoms with E-state index in [-0.39, 0.29) is 23.1 Å². The molecule has 7 heteroatoms. The Hall–Kier alpha value is -1.63. The predicted molar refractivity (Wildman–Crippen MR) is 105 cm³/mol. The Labute approximate surface area is 158 Å². The van der Waals surface area contributed by atoms with Gasteiger partial charge in [0.2, 0.25) is 0 Å². The summed E-state index contributed by atoms with van der Waals surface area (Å²) in [4.78, 5) is 29.8. The number of Topliss-reactive ketones (excluding diaryl/α,β-unsaturated/α-hetero) is 1. The van der Waals surface area contributed by atoms with Crippen LogP contribution in [0.5, 0.6) is 0 Å². The van der Waals surface area contributed by atoms with E-state index in [1.165, 1.54) is 23.1 Å². The molecule has 0 aliphatic heterocycles.